The number of methoxy groups -OCH3 is 2. The van der Waals surface area contributed by atoms with Crippen LogP contribution in [0.25, 0.3) is 32.7 Å². The predicted molar refractivity (Wildman–Crippen MR) is 404 cm³/mol. The van der Waals surface area contributed by atoms with E-state index in [-0.39, 0.29) is 23.3 Å². The Morgan fingerprint density at radius 1 is 0.520 bits per heavy atom. The number of carbonyl (C=O) groups is 3. The van der Waals surface area contributed by atoms with Gasteiger partial charge in [-0.15, -0.1) is 0 Å². The van der Waals surface area contributed by atoms with Crippen LogP contribution in [0.15, 0.2) is 182 Å². The first-order valence-electron chi connectivity index (χ1n) is 36.2. The number of aryl methyl sites for hydroxylation is 5. The molecule has 0 spiro atoms. The second-order valence-electron chi connectivity index (χ2n) is 27.8. The van der Waals surface area contributed by atoms with Crippen molar-refractivity contribution in [3.05, 3.63) is 232 Å². The number of Topliss-reactive ketones (excluding diaryl/α,β-unsaturated/α-hetero) is 2. The van der Waals surface area contributed by atoms with E-state index in [9.17, 15) is 18.8 Å². The number of hydrogen-bond acceptors (Lipinski definition) is 10. The molecule has 1 amide bonds. The van der Waals surface area contributed by atoms with Crippen molar-refractivity contribution in [2.75, 3.05) is 91.1 Å². The van der Waals surface area contributed by atoms with E-state index in [1.165, 1.54) is 67.3 Å². The van der Waals surface area contributed by atoms with Crippen LogP contribution in [-0.4, -0.2) is 149 Å². The van der Waals surface area contributed by atoms with E-state index in [1.807, 2.05) is 85.2 Å². The third kappa shape index (κ3) is 17.9. The summed E-state index contributed by atoms with van der Waals surface area (Å²) < 4.78 is 30.9. The summed E-state index contributed by atoms with van der Waals surface area (Å²) in [5.41, 5.74) is 11.7. The summed E-state index contributed by atoms with van der Waals surface area (Å²) in [6.07, 6.45) is 17.2. The second kappa shape index (κ2) is 34.2. The molecule has 16 heteroatoms. The molecule has 7 aromatic carbocycles. The molecule has 3 aromatic heterocycles. The van der Waals surface area contributed by atoms with E-state index in [1.54, 1.807) is 28.1 Å². The number of hydrogen-bond donors (Lipinski definition) is 1. The minimum atomic E-state index is -0.195. The number of halogens is 2. The number of ether oxygens (including phenoxy) is 2. The maximum atomic E-state index is 13.2. The van der Waals surface area contributed by atoms with Gasteiger partial charge in [0.15, 0.2) is 11.6 Å². The van der Waals surface area contributed by atoms with Crippen molar-refractivity contribution in [2.24, 2.45) is 5.92 Å². The number of fused-ring (bicyclic) bond motifs is 5. The molecule has 0 saturated carbocycles. The summed E-state index contributed by atoms with van der Waals surface area (Å²) in [5.74, 6) is 2.46. The van der Waals surface area contributed by atoms with Gasteiger partial charge in [0.2, 0.25) is 0 Å². The summed E-state index contributed by atoms with van der Waals surface area (Å²) in [7, 11) is 3.35. The van der Waals surface area contributed by atoms with Gasteiger partial charge in [-0.2, -0.15) is 0 Å². The molecule has 14 rings (SSSR count). The van der Waals surface area contributed by atoms with Crippen LogP contribution in [0.3, 0.4) is 0 Å². The molecule has 1 N–H and O–H groups in total. The van der Waals surface area contributed by atoms with Crippen molar-refractivity contribution in [3.8, 4) is 11.5 Å². The number of nitrogens with one attached hydrogen (secondary N) is 1. The zero-order chi connectivity index (χ0) is 69.5. The molecule has 2 bridgehead atoms. The van der Waals surface area contributed by atoms with Crippen molar-refractivity contribution in [2.45, 2.75) is 123 Å². The molecule has 4 saturated heterocycles. The fraction of sp³-hybridized carbons (Fsp3) is 0.393. The van der Waals surface area contributed by atoms with Crippen LogP contribution < -0.4 is 19.7 Å². The molecule has 4 aliphatic rings. The van der Waals surface area contributed by atoms with Crippen molar-refractivity contribution in [1.29, 1.82) is 0 Å². The molecule has 14 nitrogen and oxygen atoms in total. The van der Waals surface area contributed by atoms with Crippen LogP contribution in [0.2, 0.25) is 5.02 Å². The van der Waals surface area contributed by atoms with Crippen LogP contribution >= 0.6 is 11.6 Å². The van der Waals surface area contributed by atoms with Gasteiger partial charge < -0.3 is 38.3 Å². The number of benzene rings is 7. The normalized spacial score (nSPS) is 17.4. The lowest BCUT2D eigenvalue weighted by Gasteiger charge is -2.39. The maximum absolute atomic E-state index is 13.2. The summed E-state index contributed by atoms with van der Waals surface area (Å²) in [5, 5.41) is 6.90. The number of piperidine rings is 1. The number of piperazine rings is 2. The Morgan fingerprint density at radius 2 is 1.04 bits per heavy atom. The molecule has 100 heavy (non-hydrogen) atoms. The van der Waals surface area contributed by atoms with Crippen molar-refractivity contribution < 1.29 is 28.2 Å². The lowest BCUT2D eigenvalue weighted by atomic mass is 9.86. The highest BCUT2D eigenvalue weighted by Gasteiger charge is 2.40. The first kappa shape index (κ1) is 71.3. The number of anilines is 1. The quantitative estimate of drug-likeness (QED) is 0.0555. The van der Waals surface area contributed by atoms with Crippen LogP contribution in [0, 0.1) is 18.7 Å². The zero-order valence-corrected chi connectivity index (χ0v) is 59.9. The van der Waals surface area contributed by atoms with E-state index < -0.39 is 0 Å². The molecular formula is C84H99ClFN9O5. The molecule has 4 fully saturated rings. The Morgan fingerprint density at radius 3 is 1.63 bits per heavy atom. The van der Waals surface area contributed by atoms with Gasteiger partial charge in [0.1, 0.15) is 17.3 Å². The number of nitrogens with zero attached hydrogens (tertiary/aromatic N) is 8. The van der Waals surface area contributed by atoms with Gasteiger partial charge in [0.25, 0.3) is 5.91 Å². The molecular weight excluding hydrogens is 1270 g/mol. The molecule has 0 radical (unpaired) electrons. The van der Waals surface area contributed by atoms with E-state index in [2.05, 4.69) is 136 Å². The lowest BCUT2D eigenvalue weighted by Crippen LogP contribution is -2.46. The Labute approximate surface area is 595 Å². The third-order valence-electron chi connectivity index (χ3n) is 21.1. The zero-order valence-electron chi connectivity index (χ0n) is 59.1. The molecule has 4 aliphatic heterocycles. The van der Waals surface area contributed by atoms with Crippen molar-refractivity contribution in [3.63, 3.8) is 0 Å². The third-order valence-corrected chi connectivity index (χ3v) is 21.3. The number of para-hydroxylation sites is 3. The summed E-state index contributed by atoms with van der Waals surface area (Å²) in [4.78, 5) is 50.0. The van der Waals surface area contributed by atoms with Crippen molar-refractivity contribution in [1.82, 2.24) is 38.6 Å². The largest absolute Gasteiger partial charge is 0.495 e. The fourth-order valence-electron chi connectivity index (χ4n) is 15.9. The minimum absolute atomic E-state index is 0.00192. The lowest BCUT2D eigenvalue weighted by molar-refractivity contribution is 0.0950. The Balaban J connectivity index is 0.000000144. The maximum Gasteiger partial charge on any atom is 0.253 e. The Bertz CT molecular complexity index is 4330. The average Bonchev–Trinajstić information content (AvgIpc) is 1.63. The van der Waals surface area contributed by atoms with Crippen LogP contribution in [0.4, 0.5) is 10.1 Å². The molecule has 2 atom stereocenters. The first-order valence-corrected chi connectivity index (χ1v) is 36.6. The molecule has 7 heterocycles. The number of rotatable bonds is 25. The van der Waals surface area contributed by atoms with Gasteiger partial charge in [0.05, 0.1) is 30.8 Å². The molecule has 0 aliphatic carbocycles. The monoisotopic (exact) mass is 1370 g/mol. The van der Waals surface area contributed by atoms with E-state index in [4.69, 9.17) is 21.1 Å². The van der Waals surface area contributed by atoms with Crippen LogP contribution in [0.5, 0.6) is 11.5 Å². The number of ketones is 2. The SMILES string of the molecule is COc1cccc2c(C(C)=O)cn(CCCN3CCN(Cc4ccc(Cl)cc4)CC3)c12.COc1cccc2c(C(C)=O)cn(CCCN3CCN(c4ccc(F)cc4)CC3)c12.Cc1cccc(CNC(=O)c2cn(CCCN3C4CCC3CC(CCc3ccccc3)C4)c3ccccc23)c1. The number of amides is 1. The van der Waals surface area contributed by atoms with Crippen LogP contribution in [0.1, 0.15) is 119 Å². The number of aromatic nitrogens is 3. The highest BCUT2D eigenvalue weighted by Crippen LogP contribution is 2.41. The summed E-state index contributed by atoms with van der Waals surface area (Å²) in [6.45, 7) is 20.9. The van der Waals surface area contributed by atoms with Crippen LogP contribution in [-0.2, 0) is 39.1 Å². The molecule has 2 unspecified atom stereocenters. The van der Waals surface area contributed by atoms with Gasteiger partial charge >= 0.3 is 0 Å². The van der Waals surface area contributed by atoms with E-state index in [0.29, 0.717) is 6.54 Å². The van der Waals surface area contributed by atoms with Crippen molar-refractivity contribution >= 4 is 67.5 Å². The highest BCUT2D eigenvalue weighted by atomic mass is 35.5. The Hall–Kier alpha value is -8.57. The fourth-order valence-corrected chi connectivity index (χ4v) is 16.0. The second-order valence-corrected chi connectivity index (χ2v) is 28.3. The van der Waals surface area contributed by atoms with Gasteiger partial charge in [-0.3, -0.25) is 29.1 Å². The first-order chi connectivity index (χ1) is 48.7. The summed E-state index contributed by atoms with van der Waals surface area (Å²) in [6, 6.07) is 55.8. The summed E-state index contributed by atoms with van der Waals surface area (Å²) >= 11 is 5.99. The van der Waals surface area contributed by atoms with E-state index in [0.717, 1.165) is 213 Å². The minimum Gasteiger partial charge on any atom is -0.495 e. The highest BCUT2D eigenvalue weighted by molar-refractivity contribution is 6.30. The molecule has 10 aromatic rings. The van der Waals surface area contributed by atoms with Gasteiger partial charge in [-0.25, -0.2) is 4.39 Å². The Kier molecular flexibility index (Phi) is 24.4. The van der Waals surface area contributed by atoms with Gasteiger partial charge in [0, 0.05) is 166 Å². The smallest absolute Gasteiger partial charge is 0.253 e. The van der Waals surface area contributed by atoms with Gasteiger partial charge in [-0.1, -0.05) is 126 Å². The van der Waals surface area contributed by atoms with E-state index >= 15 is 0 Å². The molecule has 524 valence electrons. The number of carbonyl (C=O) groups excluding carboxylic acids is 3. The average molecular weight is 1370 g/mol. The standard InChI is InChI=1S/C35H41N3O.C25H30ClN3O2.C24H28FN3O2/c1-26-9-7-12-29(21-26)24-36-35(39)33-25-37(34-14-6-5-13-32(33)34)19-8-20-38-30-17-18-31(38)23-28(22-30)16-15-27-10-3-2-4-11-27;1-19(30)23-18-29(25-22(23)5-3-6-24(25)31-2)12-4-11-27-13-15-28(16-14-27)17-20-7-9-21(26)10-8-20;1-18(29)22-17-28(24-21(22)5-3-6-23(24)30-2)12-4-11-26-13-15-27(16-14-26)20-9-7-19(25)8-10-20/h2-7,9-14,21,25,28,30-31H,8,15-20,22-24H2,1H3,(H,36,39);3,5-10,18H,4,11-17H2,1-2H3;3,5-10,17H,4,11-16H2,1-2H3. The topological polar surface area (TPSA) is 113 Å². The van der Waals surface area contributed by atoms with Gasteiger partial charge in [-0.05, 0) is 169 Å². The predicted octanol–water partition coefficient (Wildman–Crippen LogP) is 16.1.